The van der Waals surface area contributed by atoms with E-state index in [2.05, 4.69) is 15.5 Å². The van der Waals surface area contributed by atoms with Crippen molar-refractivity contribution >= 4 is 34.8 Å². The first-order valence-corrected chi connectivity index (χ1v) is 10.9. The Hall–Kier alpha value is -3.39. The minimum absolute atomic E-state index is 0.0451. The van der Waals surface area contributed by atoms with Gasteiger partial charge in [0.05, 0.1) is 23.6 Å². The molecule has 0 saturated carbocycles. The monoisotopic (exact) mass is 436 g/mol. The number of rotatable bonds is 4. The van der Waals surface area contributed by atoms with Crippen molar-refractivity contribution in [3.63, 3.8) is 0 Å². The van der Waals surface area contributed by atoms with Crippen molar-refractivity contribution in [3.05, 3.63) is 48.5 Å². The van der Waals surface area contributed by atoms with Gasteiger partial charge in [0.25, 0.3) is 0 Å². The molecule has 8 nitrogen and oxygen atoms in total. The Morgan fingerprint density at radius 3 is 2.53 bits per heavy atom. The van der Waals surface area contributed by atoms with E-state index in [4.69, 9.17) is 0 Å². The van der Waals surface area contributed by atoms with Crippen LogP contribution in [0.4, 0.5) is 17.1 Å². The molecule has 0 radical (unpaired) electrons. The predicted molar refractivity (Wildman–Crippen MR) is 123 cm³/mol. The van der Waals surface area contributed by atoms with E-state index < -0.39 is 0 Å². The molecule has 8 heteroatoms. The van der Waals surface area contributed by atoms with Crippen LogP contribution in [0.2, 0.25) is 0 Å². The lowest BCUT2D eigenvalue weighted by Gasteiger charge is -2.34. The van der Waals surface area contributed by atoms with Crippen LogP contribution in [0.3, 0.4) is 0 Å². The Kier molecular flexibility index (Phi) is 6.41. The van der Waals surface area contributed by atoms with Crippen LogP contribution >= 0.6 is 0 Å². The fourth-order valence-corrected chi connectivity index (χ4v) is 4.40. The molecule has 0 bridgehead atoms. The van der Waals surface area contributed by atoms with Crippen molar-refractivity contribution < 1.29 is 19.5 Å². The summed E-state index contributed by atoms with van der Waals surface area (Å²) in [6, 6.07) is 13.8. The van der Waals surface area contributed by atoms with Gasteiger partial charge in [0.15, 0.2) is 0 Å². The molecule has 0 spiro atoms. The highest BCUT2D eigenvalue weighted by atomic mass is 16.3. The van der Waals surface area contributed by atoms with E-state index in [-0.39, 0.29) is 48.4 Å². The standard InChI is InChI=1S/C24H28N4O4/c1-16-14-22(30)25-18-6-2-4-8-20(18)28(16)23(31)15-27-12-10-17(11-13-27)24(32)26-19-7-3-5-9-21(19)29/h2-9,16-17,29H,10-15H2,1H3,(H,25,30)(H,26,32)/t16-/m0/s1. The number of phenolic OH excluding ortho intramolecular Hbond substituents is 1. The van der Waals surface area contributed by atoms with Gasteiger partial charge < -0.3 is 20.6 Å². The summed E-state index contributed by atoms with van der Waals surface area (Å²) in [5.74, 6) is -0.392. The molecule has 2 heterocycles. The highest BCUT2D eigenvalue weighted by Gasteiger charge is 2.32. The first-order valence-electron chi connectivity index (χ1n) is 10.9. The number of aromatic hydroxyl groups is 1. The topological polar surface area (TPSA) is 102 Å². The quantitative estimate of drug-likeness (QED) is 0.640. The van der Waals surface area contributed by atoms with E-state index in [1.165, 1.54) is 6.07 Å². The van der Waals surface area contributed by atoms with Gasteiger partial charge in [0.1, 0.15) is 5.75 Å². The first-order chi connectivity index (χ1) is 15.4. The number of nitrogens with one attached hydrogen (secondary N) is 2. The predicted octanol–water partition coefficient (Wildman–Crippen LogP) is 2.81. The average Bonchev–Trinajstić information content (AvgIpc) is 2.89. The number of likely N-dealkylation sites (tertiary alicyclic amines) is 1. The van der Waals surface area contributed by atoms with Crippen molar-refractivity contribution in [3.8, 4) is 5.75 Å². The summed E-state index contributed by atoms with van der Waals surface area (Å²) in [5.41, 5.74) is 1.77. The summed E-state index contributed by atoms with van der Waals surface area (Å²) in [4.78, 5) is 41.7. The number of hydrogen-bond acceptors (Lipinski definition) is 5. The van der Waals surface area contributed by atoms with Gasteiger partial charge >= 0.3 is 0 Å². The second kappa shape index (κ2) is 9.40. The molecule has 2 aliphatic heterocycles. The number of carbonyl (C=O) groups is 3. The average molecular weight is 437 g/mol. The molecule has 3 amide bonds. The molecule has 2 aliphatic rings. The Labute approximate surface area is 187 Å². The number of hydrogen-bond donors (Lipinski definition) is 3. The summed E-state index contributed by atoms with van der Waals surface area (Å²) in [6.07, 6.45) is 1.52. The molecule has 32 heavy (non-hydrogen) atoms. The van der Waals surface area contributed by atoms with Crippen LogP contribution in [0.15, 0.2) is 48.5 Å². The number of carbonyl (C=O) groups excluding carboxylic acids is 3. The van der Waals surface area contributed by atoms with E-state index in [1.54, 1.807) is 29.2 Å². The zero-order valence-corrected chi connectivity index (χ0v) is 18.1. The van der Waals surface area contributed by atoms with Crippen molar-refractivity contribution in [2.45, 2.75) is 32.2 Å². The third kappa shape index (κ3) is 4.75. The normalized spacial score (nSPS) is 19.6. The third-order valence-corrected chi connectivity index (χ3v) is 6.11. The van der Waals surface area contributed by atoms with E-state index in [9.17, 15) is 19.5 Å². The molecule has 2 aromatic carbocycles. The van der Waals surface area contributed by atoms with E-state index in [0.29, 0.717) is 43.0 Å². The van der Waals surface area contributed by atoms with E-state index >= 15 is 0 Å². The van der Waals surface area contributed by atoms with Crippen molar-refractivity contribution in [2.24, 2.45) is 5.92 Å². The molecular weight excluding hydrogens is 408 g/mol. The molecule has 168 valence electrons. The number of nitrogens with zero attached hydrogens (tertiary/aromatic N) is 2. The van der Waals surface area contributed by atoms with Crippen LogP contribution in [0.5, 0.6) is 5.75 Å². The van der Waals surface area contributed by atoms with Crippen LogP contribution in [-0.4, -0.2) is 53.4 Å². The highest BCUT2D eigenvalue weighted by molar-refractivity contribution is 6.05. The van der Waals surface area contributed by atoms with Gasteiger partial charge in [-0.15, -0.1) is 0 Å². The molecule has 1 atom stereocenters. The number of piperidine rings is 1. The third-order valence-electron chi connectivity index (χ3n) is 6.11. The molecule has 2 aromatic rings. The number of benzene rings is 2. The largest absolute Gasteiger partial charge is 0.506 e. The smallest absolute Gasteiger partial charge is 0.241 e. The zero-order valence-electron chi connectivity index (χ0n) is 18.1. The Morgan fingerprint density at radius 1 is 1.09 bits per heavy atom. The number of phenols is 1. The number of anilines is 3. The second-order valence-corrected chi connectivity index (χ2v) is 8.44. The summed E-state index contributed by atoms with van der Waals surface area (Å²) in [7, 11) is 0. The summed E-state index contributed by atoms with van der Waals surface area (Å²) >= 11 is 0. The highest BCUT2D eigenvalue weighted by Crippen LogP contribution is 2.32. The number of fused-ring (bicyclic) bond motifs is 1. The van der Waals surface area contributed by atoms with Gasteiger partial charge in [-0.1, -0.05) is 24.3 Å². The van der Waals surface area contributed by atoms with Gasteiger partial charge in [-0.25, -0.2) is 0 Å². The maximum absolute atomic E-state index is 13.2. The van der Waals surface area contributed by atoms with Crippen LogP contribution in [-0.2, 0) is 14.4 Å². The van der Waals surface area contributed by atoms with Crippen molar-refractivity contribution in [1.29, 1.82) is 0 Å². The van der Waals surface area contributed by atoms with Gasteiger partial charge in [-0.3, -0.25) is 19.3 Å². The Balaban J connectivity index is 1.36. The second-order valence-electron chi connectivity index (χ2n) is 8.44. The van der Waals surface area contributed by atoms with Crippen molar-refractivity contribution in [1.82, 2.24) is 4.90 Å². The molecule has 0 unspecified atom stereocenters. The van der Waals surface area contributed by atoms with Crippen LogP contribution in [0.25, 0.3) is 0 Å². The van der Waals surface area contributed by atoms with E-state index in [0.717, 1.165) is 0 Å². The zero-order chi connectivity index (χ0) is 22.7. The molecule has 0 aliphatic carbocycles. The van der Waals surface area contributed by atoms with Gasteiger partial charge in [0, 0.05) is 18.4 Å². The van der Waals surface area contributed by atoms with Crippen LogP contribution in [0.1, 0.15) is 26.2 Å². The summed E-state index contributed by atoms with van der Waals surface area (Å²) in [5, 5.41) is 15.5. The Morgan fingerprint density at radius 2 is 1.78 bits per heavy atom. The lowest BCUT2D eigenvalue weighted by molar-refractivity contribution is -0.122. The molecule has 3 N–H and O–H groups in total. The van der Waals surface area contributed by atoms with Gasteiger partial charge in [-0.2, -0.15) is 0 Å². The maximum Gasteiger partial charge on any atom is 0.241 e. The lowest BCUT2D eigenvalue weighted by atomic mass is 9.95. The fourth-order valence-electron chi connectivity index (χ4n) is 4.40. The van der Waals surface area contributed by atoms with Crippen LogP contribution < -0.4 is 15.5 Å². The molecular formula is C24H28N4O4. The Bertz CT molecular complexity index is 1020. The summed E-state index contributed by atoms with van der Waals surface area (Å²) < 4.78 is 0. The summed E-state index contributed by atoms with van der Waals surface area (Å²) in [6.45, 7) is 3.38. The maximum atomic E-state index is 13.2. The van der Waals surface area contributed by atoms with E-state index in [1.807, 2.05) is 25.1 Å². The molecule has 1 saturated heterocycles. The number of para-hydroxylation sites is 4. The minimum Gasteiger partial charge on any atom is -0.506 e. The lowest BCUT2D eigenvalue weighted by Crippen LogP contribution is -2.47. The fraction of sp³-hybridized carbons (Fsp3) is 0.375. The van der Waals surface area contributed by atoms with Gasteiger partial charge in [-0.05, 0) is 57.1 Å². The van der Waals surface area contributed by atoms with Gasteiger partial charge in [0.2, 0.25) is 17.7 Å². The molecule has 1 fully saturated rings. The SMILES string of the molecule is C[C@H]1CC(=O)Nc2ccccc2N1C(=O)CN1CCC(C(=O)Nc2ccccc2O)CC1. The molecule has 0 aromatic heterocycles. The van der Waals surface area contributed by atoms with Crippen LogP contribution in [0, 0.1) is 5.92 Å². The number of amides is 3. The molecule has 4 rings (SSSR count). The minimum atomic E-state index is -0.243. The van der Waals surface area contributed by atoms with Crippen molar-refractivity contribution in [2.75, 3.05) is 35.2 Å². The first kappa shape index (κ1) is 21.8.